The number of rotatable bonds is 6. The standard InChI is InChI=1S/C11H21NO/c1-5-7-10(6-2)12-8-11(3,4)9-13/h2,10,12-13H,5,7-9H2,1,3-4H3. The zero-order chi connectivity index (χ0) is 10.3. The number of nitrogens with one attached hydrogen (secondary N) is 1. The van der Waals surface area contributed by atoms with E-state index in [0.717, 1.165) is 19.4 Å². The maximum atomic E-state index is 9.02. The van der Waals surface area contributed by atoms with Crippen molar-refractivity contribution in [2.24, 2.45) is 5.41 Å². The molecule has 0 radical (unpaired) electrons. The Hall–Kier alpha value is -0.520. The van der Waals surface area contributed by atoms with Crippen LogP contribution in [0.15, 0.2) is 0 Å². The first-order valence-corrected chi connectivity index (χ1v) is 4.86. The fourth-order valence-electron chi connectivity index (χ4n) is 0.988. The van der Waals surface area contributed by atoms with Crippen molar-refractivity contribution in [2.75, 3.05) is 13.2 Å². The molecule has 0 aromatic rings. The SMILES string of the molecule is C#CC(CCC)NCC(C)(C)CO. The first kappa shape index (κ1) is 12.5. The minimum Gasteiger partial charge on any atom is -0.396 e. The lowest BCUT2D eigenvalue weighted by molar-refractivity contribution is 0.155. The molecule has 1 atom stereocenters. The topological polar surface area (TPSA) is 32.3 Å². The van der Waals surface area contributed by atoms with Gasteiger partial charge in [0.2, 0.25) is 0 Å². The summed E-state index contributed by atoms with van der Waals surface area (Å²) in [4.78, 5) is 0. The number of terminal acetylenes is 1. The van der Waals surface area contributed by atoms with Gasteiger partial charge in [-0.2, -0.15) is 0 Å². The fourth-order valence-corrected chi connectivity index (χ4v) is 0.988. The van der Waals surface area contributed by atoms with Crippen LogP contribution in [0, 0.1) is 17.8 Å². The molecule has 1 unspecified atom stereocenters. The highest BCUT2D eigenvalue weighted by Gasteiger charge is 2.17. The van der Waals surface area contributed by atoms with Gasteiger partial charge in [-0.1, -0.05) is 33.1 Å². The van der Waals surface area contributed by atoms with E-state index in [-0.39, 0.29) is 18.1 Å². The molecule has 13 heavy (non-hydrogen) atoms. The third kappa shape index (κ3) is 5.68. The smallest absolute Gasteiger partial charge is 0.0687 e. The van der Waals surface area contributed by atoms with Crippen LogP contribution >= 0.6 is 0 Å². The van der Waals surface area contributed by atoms with E-state index >= 15 is 0 Å². The van der Waals surface area contributed by atoms with E-state index in [1.807, 2.05) is 13.8 Å². The molecule has 0 saturated heterocycles. The molecule has 0 aliphatic heterocycles. The van der Waals surface area contributed by atoms with Crippen LogP contribution in [0.3, 0.4) is 0 Å². The summed E-state index contributed by atoms with van der Waals surface area (Å²) in [5.74, 6) is 2.71. The summed E-state index contributed by atoms with van der Waals surface area (Å²) < 4.78 is 0. The fraction of sp³-hybridized carbons (Fsp3) is 0.818. The highest BCUT2D eigenvalue weighted by molar-refractivity contribution is 4.98. The summed E-state index contributed by atoms with van der Waals surface area (Å²) in [6, 6.07) is 0.149. The van der Waals surface area contributed by atoms with Gasteiger partial charge in [0.05, 0.1) is 6.04 Å². The molecule has 0 aromatic heterocycles. The Morgan fingerprint density at radius 2 is 2.15 bits per heavy atom. The van der Waals surface area contributed by atoms with Crippen molar-refractivity contribution >= 4 is 0 Å². The van der Waals surface area contributed by atoms with Crippen LogP contribution in [0.5, 0.6) is 0 Å². The second-order valence-electron chi connectivity index (χ2n) is 4.21. The van der Waals surface area contributed by atoms with Gasteiger partial charge >= 0.3 is 0 Å². The van der Waals surface area contributed by atoms with E-state index in [1.165, 1.54) is 0 Å². The van der Waals surface area contributed by atoms with Gasteiger partial charge in [0.25, 0.3) is 0 Å². The second kappa shape index (κ2) is 6.01. The monoisotopic (exact) mass is 183 g/mol. The molecule has 2 nitrogen and oxygen atoms in total. The largest absolute Gasteiger partial charge is 0.396 e. The number of hydrogen-bond donors (Lipinski definition) is 2. The second-order valence-corrected chi connectivity index (χ2v) is 4.21. The molecule has 2 N–H and O–H groups in total. The molecule has 0 amide bonds. The first-order chi connectivity index (χ1) is 6.05. The van der Waals surface area contributed by atoms with E-state index in [1.54, 1.807) is 0 Å². The van der Waals surface area contributed by atoms with Crippen molar-refractivity contribution < 1.29 is 5.11 Å². The van der Waals surface area contributed by atoms with E-state index in [0.29, 0.717) is 0 Å². The Labute approximate surface area is 81.7 Å². The molecule has 0 fully saturated rings. The average molecular weight is 183 g/mol. The lowest BCUT2D eigenvalue weighted by Gasteiger charge is -2.24. The van der Waals surface area contributed by atoms with Crippen LogP contribution in [0.2, 0.25) is 0 Å². The lowest BCUT2D eigenvalue weighted by atomic mass is 9.94. The van der Waals surface area contributed by atoms with Crippen molar-refractivity contribution in [3.63, 3.8) is 0 Å². The van der Waals surface area contributed by atoms with Gasteiger partial charge in [0.15, 0.2) is 0 Å². The summed E-state index contributed by atoms with van der Waals surface area (Å²) in [6.07, 6.45) is 7.44. The Balaban J connectivity index is 3.79. The Morgan fingerprint density at radius 3 is 2.54 bits per heavy atom. The predicted octanol–water partition coefficient (Wildman–Crippen LogP) is 1.40. The number of hydrogen-bond acceptors (Lipinski definition) is 2. The Bertz CT molecular complexity index is 169. The molecule has 0 aromatic carbocycles. The third-order valence-corrected chi connectivity index (χ3v) is 2.03. The maximum Gasteiger partial charge on any atom is 0.0687 e. The van der Waals surface area contributed by atoms with Crippen molar-refractivity contribution in [2.45, 2.75) is 39.7 Å². The molecular formula is C11H21NO. The molecule has 0 aliphatic carbocycles. The van der Waals surface area contributed by atoms with Crippen LogP contribution in [-0.4, -0.2) is 24.3 Å². The lowest BCUT2D eigenvalue weighted by Crippen LogP contribution is -2.38. The van der Waals surface area contributed by atoms with Crippen LogP contribution in [0.4, 0.5) is 0 Å². The molecule has 0 saturated carbocycles. The average Bonchev–Trinajstić information content (AvgIpc) is 2.12. The van der Waals surface area contributed by atoms with Gasteiger partial charge in [-0.15, -0.1) is 6.42 Å². The van der Waals surface area contributed by atoms with Crippen molar-refractivity contribution in [3.8, 4) is 12.3 Å². The molecule has 0 aliphatic rings. The Morgan fingerprint density at radius 1 is 1.54 bits per heavy atom. The number of aliphatic hydroxyl groups is 1. The zero-order valence-corrected chi connectivity index (χ0v) is 8.93. The van der Waals surface area contributed by atoms with Gasteiger partial charge in [-0.05, 0) is 6.42 Å². The molecule has 0 heterocycles. The first-order valence-electron chi connectivity index (χ1n) is 4.86. The predicted molar refractivity (Wildman–Crippen MR) is 56.4 cm³/mol. The van der Waals surface area contributed by atoms with E-state index in [2.05, 4.69) is 18.2 Å². The third-order valence-electron chi connectivity index (χ3n) is 2.03. The summed E-state index contributed by atoms with van der Waals surface area (Å²) in [5, 5.41) is 12.3. The summed E-state index contributed by atoms with van der Waals surface area (Å²) in [7, 11) is 0. The van der Waals surface area contributed by atoms with Gasteiger partial charge < -0.3 is 10.4 Å². The highest BCUT2D eigenvalue weighted by Crippen LogP contribution is 2.12. The van der Waals surface area contributed by atoms with Gasteiger partial charge in [0.1, 0.15) is 0 Å². The molecular weight excluding hydrogens is 162 g/mol. The van der Waals surface area contributed by atoms with E-state index < -0.39 is 0 Å². The van der Waals surface area contributed by atoms with Crippen LogP contribution in [0.25, 0.3) is 0 Å². The van der Waals surface area contributed by atoms with Crippen molar-refractivity contribution in [1.29, 1.82) is 0 Å². The molecule has 0 spiro atoms. The normalized spacial score (nSPS) is 13.8. The summed E-state index contributed by atoms with van der Waals surface area (Å²) >= 11 is 0. The van der Waals surface area contributed by atoms with Gasteiger partial charge in [0, 0.05) is 18.6 Å². The molecule has 0 bridgehead atoms. The quantitative estimate of drug-likeness (QED) is 0.610. The van der Waals surface area contributed by atoms with Crippen molar-refractivity contribution in [3.05, 3.63) is 0 Å². The summed E-state index contributed by atoms with van der Waals surface area (Å²) in [6.45, 7) is 7.09. The molecule has 0 rings (SSSR count). The van der Waals surface area contributed by atoms with Crippen LogP contribution < -0.4 is 5.32 Å². The summed E-state index contributed by atoms with van der Waals surface area (Å²) in [5.41, 5.74) is -0.0805. The van der Waals surface area contributed by atoms with E-state index in [9.17, 15) is 0 Å². The zero-order valence-electron chi connectivity index (χ0n) is 8.93. The van der Waals surface area contributed by atoms with Crippen LogP contribution in [-0.2, 0) is 0 Å². The van der Waals surface area contributed by atoms with Gasteiger partial charge in [-0.25, -0.2) is 0 Å². The maximum absolute atomic E-state index is 9.02. The minimum absolute atomic E-state index is 0.0805. The highest BCUT2D eigenvalue weighted by atomic mass is 16.3. The number of aliphatic hydroxyl groups excluding tert-OH is 1. The van der Waals surface area contributed by atoms with Crippen LogP contribution in [0.1, 0.15) is 33.6 Å². The molecule has 76 valence electrons. The molecule has 2 heteroatoms. The Kier molecular flexibility index (Phi) is 5.77. The minimum atomic E-state index is -0.0805. The van der Waals surface area contributed by atoms with E-state index in [4.69, 9.17) is 11.5 Å². The van der Waals surface area contributed by atoms with Gasteiger partial charge in [-0.3, -0.25) is 0 Å². The van der Waals surface area contributed by atoms with Crippen molar-refractivity contribution in [1.82, 2.24) is 5.32 Å².